The molecule has 3 rings (SSSR count). The van der Waals surface area contributed by atoms with E-state index in [9.17, 15) is 0 Å². The van der Waals surface area contributed by atoms with Gasteiger partial charge in [0.15, 0.2) is 0 Å². The summed E-state index contributed by atoms with van der Waals surface area (Å²) in [6.07, 6.45) is 0. The van der Waals surface area contributed by atoms with Crippen molar-refractivity contribution in [2.75, 3.05) is 0 Å². The number of hydrogen-bond donors (Lipinski definition) is 0. The average molecular weight is 291 g/mol. The van der Waals surface area contributed by atoms with E-state index in [0.29, 0.717) is 12.1 Å². The molecule has 0 bridgehead atoms. The summed E-state index contributed by atoms with van der Waals surface area (Å²) < 4.78 is 0. The Balaban J connectivity index is 2.23. The average Bonchev–Trinajstić information content (AvgIpc) is 2.50. The van der Waals surface area contributed by atoms with Crippen LogP contribution in [0.25, 0.3) is 21.5 Å². The zero-order valence-corrected chi connectivity index (χ0v) is 14.0. The van der Waals surface area contributed by atoms with Gasteiger partial charge in [-0.2, -0.15) is 0 Å². The minimum absolute atomic E-state index is 0.540. The first-order valence-corrected chi connectivity index (χ1v) is 8.23. The van der Waals surface area contributed by atoms with Crippen LogP contribution in [0.2, 0.25) is 0 Å². The molecule has 0 N–H and O–H groups in total. The Labute approximate surface area is 133 Å². The molecule has 0 spiro atoms. The van der Waals surface area contributed by atoms with E-state index in [4.69, 9.17) is 0 Å². The van der Waals surface area contributed by atoms with Crippen LogP contribution >= 0.6 is 0 Å². The summed E-state index contributed by atoms with van der Waals surface area (Å²) in [6.45, 7) is 10.1. The van der Waals surface area contributed by atoms with Crippen LogP contribution < -0.4 is 0 Å². The second kappa shape index (κ2) is 6.10. The number of nitrogens with zero attached hydrogens (tertiary/aromatic N) is 1. The molecule has 1 nitrogen and oxygen atoms in total. The summed E-state index contributed by atoms with van der Waals surface area (Å²) >= 11 is 0. The molecule has 0 saturated heterocycles. The fourth-order valence-electron chi connectivity index (χ4n) is 3.42. The molecule has 1 heteroatoms. The Kier molecular flexibility index (Phi) is 4.17. The van der Waals surface area contributed by atoms with Gasteiger partial charge in [-0.1, -0.05) is 48.5 Å². The predicted molar refractivity (Wildman–Crippen MR) is 97.3 cm³/mol. The van der Waals surface area contributed by atoms with Crippen LogP contribution in [0.1, 0.15) is 33.3 Å². The Hall–Kier alpha value is -1.86. The molecule has 0 aliphatic rings. The van der Waals surface area contributed by atoms with Crippen LogP contribution in [0.15, 0.2) is 54.6 Å². The van der Waals surface area contributed by atoms with Gasteiger partial charge in [-0.3, -0.25) is 4.90 Å². The highest BCUT2D eigenvalue weighted by Gasteiger charge is 2.17. The maximum atomic E-state index is 2.56. The van der Waals surface area contributed by atoms with Crippen LogP contribution in [0.5, 0.6) is 0 Å². The lowest BCUT2D eigenvalue weighted by atomic mass is 9.96. The molecule has 0 heterocycles. The van der Waals surface area contributed by atoms with E-state index in [1.807, 2.05) is 0 Å². The van der Waals surface area contributed by atoms with Crippen molar-refractivity contribution in [1.29, 1.82) is 0 Å². The second-order valence-electron chi connectivity index (χ2n) is 6.66. The predicted octanol–water partition coefficient (Wildman–Crippen LogP) is 5.61. The normalized spacial score (nSPS) is 12.1. The molecular formula is C21H25N. The van der Waals surface area contributed by atoms with Crippen LogP contribution in [0, 0.1) is 0 Å². The third-order valence-electron chi connectivity index (χ3n) is 4.55. The smallest absolute Gasteiger partial charge is 0.0251 e. The summed E-state index contributed by atoms with van der Waals surface area (Å²) in [5.41, 5.74) is 1.45. The fourth-order valence-corrected chi connectivity index (χ4v) is 3.42. The summed E-state index contributed by atoms with van der Waals surface area (Å²) in [4.78, 5) is 2.56. The van der Waals surface area contributed by atoms with E-state index in [1.54, 1.807) is 0 Å². The van der Waals surface area contributed by atoms with Gasteiger partial charge in [-0.15, -0.1) is 0 Å². The first-order valence-electron chi connectivity index (χ1n) is 8.23. The van der Waals surface area contributed by atoms with Crippen molar-refractivity contribution in [3.05, 3.63) is 60.2 Å². The molecule has 0 amide bonds. The van der Waals surface area contributed by atoms with Crippen LogP contribution in [-0.4, -0.2) is 17.0 Å². The van der Waals surface area contributed by atoms with Crippen molar-refractivity contribution in [1.82, 2.24) is 4.90 Å². The molecule has 3 aromatic rings. The zero-order valence-electron chi connectivity index (χ0n) is 14.0. The fraction of sp³-hybridized carbons (Fsp3) is 0.333. The van der Waals surface area contributed by atoms with E-state index in [1.165, 1.54) is 27.1 Å². The van der Waals surface area contributed by atoms with Crippen LogP contribution in [-0.2, 0) is 6.54 Å². The second-order valence-corrected chi connectivity index (χ2v) is 6.66. The summed E-state index contributed by atoms with van der Waals surface area (Å²) in [5.74, 6) is 0. The third kappa shape index (κ3) is 2.74. The molecule has 0 aliphatic heterocycles. The van der Waals surface area contributed by atoms with Gasteiger partial charge in [0, 0.05) is 18.6 Å². The standard InChI is InChI=1S/C21H25N/c1-15(2)22(16(3)4)14-21-19-11-7-5-9-17(19)13-18-10-6-8-12-20(18)21/h5-13,15-16H,14H2,1-4H3. The van der Waals surface area contributed by atoms with E-state index in [-0.39, 0.29) is 0 Å². The largest absolute Gasteiger partial charge is 0.294 e. The molecule has 0 radical (unpaired) electrons. The number of rotatable bonds is 4. The Bertz CT molecular complexity index is 724. The molecule has 0 aliphatic carbocycles. The molecular weight excluding hydrogens is 266 g/mol. The summed E-state index contributed by atoms with van der Waals surface area (Å²) in [6, 6.07) is 20.9. The van der Waals surface area contributed by atoms with Gasteiger partial charge in [-0.25, -0.2) is 0 Å². The highest BCUT2D eigenvalue weighted by Crippen LogP contribution is 2.30. The van der Waals surface area contributed by atoms with E-state index >= 15 is 0 Å². The third-order valence-corrected chi connectivity index (χ3v) is 4.55. The topological polar surface area (TPSA) is 3.24 Å². The van der Waals surface area contributed by atoms with Crippen molar-refractivity contribution in [3.8, 4) is 0 Å². The molecule has 0 saturated carbocycles. The quantitative estimate of drug-likeness (QED) is 0.565. The lowest BCUT2D eigenvalue weighted by Crippen LogP contribution is -2.36. The van der Waals surface area contributed by atoms with Gasteiger partial charge in [0.1, 0.15) is 0 Å². The summed E-state index contributed by atoms with van der Waals surface area (Å²) in [5, 5.41) is 5.44. The van der Waals surface area contributed by atoms with E-state index < -0.39 is 0 Å². The number of benzene rings is 3. The van der Waals surface area contributed by atoms with E-state index in [0.717, 1.165) is 6.54 Å². The van der Waals surface area contributed by atoms with Gasteiger partial charge in [-0.05, 0) is 60.9 Å². The lowest BCUT2D eigenvalue weighted by molar-refractivity contribution is 0.167. The maximum Gasteiger partial charge on any atom is 0.0251 e. The Morgan fingerprint density at radius 2 is 1.18 bits per heavy atom. The number of hydrogen-bond acceptors (Lipinski definition) is 1. The Morgan fingerprint density at radius 1 is 0.727 bits per heavy atom. The van der Waals surface area contributed by atoms with Gasteiger partial charge < -0.3 is 0 Å². The van der Waals surface area contributed by atoms with Crippen LogP contribution in [0.4, 0.5) is 0 Å². The molecule has 114 valence electrons. The van der Waals surface area contributed by atoms with E-state index in [2.05, 4.69) is 87.2 Å². The van der Waals surface area contributed by atoms with Crippen molar-refractivity contribution in [2.45, 2.75) is 46.3 Å². The lowest BCUT2D eigenvalue weighted by Gasteiger charge is -2.31. The molecule has 22 heavy (non-hydrogen) atoms. The van der Waals surface area contributed by atoms with Crippen molar-refractivity contribution in [3.63, 3.8) is 0 Å². The van der Waals surface area contributed by atoms with Crippen molar-refractivity contribution in [2.24, 2.45) is 0 Å². The minimum atomic E-state index is 0.540. The van der Waals surface area contributed by atoms with Gasteiger partial charge in [0.2, 0.25) is 0 Å². The first kappa shape index (κ1) is 15.1. The maximum absolute atomic E-state index is 2.56. The minimum Gasteiger partial charge on any atom is -0.294 e. The van der Waals surface area contributed by atoms with Crippen molar-refractivity contribution < 1.29 is 0 Å². The molecule has 0 atom stereocenters. The van der Waals surface area contributed by atoms with Crippen molar-refractivity contribution >= 4 is 21.5 Å². The van der Waals surface area contributed by atoms with Gasteiger partial charge in [0.05, 0.1) is 0 Å². The molecule has 3 aromatic carbocycles. The van der Waals surface area contributed by atoms with Gasteiger partial charge >= 0.3 is 0 Å². The molecule has 0 aromatic heterocycles. The Morgan fingerprint density at radius 3 is 1.64 bits per heavy atom. The van der Waals surface area contributed by atoms with Gasteiger partial charge in [0.25, 0.3) is 0 Å². The SMILES string of the molecule is CC(C)N(Cc1c2ccccc2cc2ccccc12)C(C)C. The molecule has 0 unspecified atom stereocenters. The first-order chi connectivity index (χ1) is 10.6. The highest BCUT2D eigenvalue weighted by molar-refractivity contribution is 6.02. The zero-order chi connectivity index (χ0) is 15.7. The molecule has 0 fully saturated rings. The van der Waals surface area contributed by atoms with Crippen LogP contribution in [0.3, 0.4) is 0 Å². The number of fused-ring (bicyclic) bond motifs is 2. The highest BCUT2D eigenvalue weighted by atomic mass is 15.2. The monoisotopic (exact) mass is 291 g/mol. The summed E-state index contributed by atoms with van der Waals surface area (Å²) in [7, 11) is 0.